The molecule has 1 aliphatic carbocycles. The maximum absolute atomic E-state index is 11.7. The number of hydrogen-bond donors (Lipinski definition) is 2. The Morgan fingerprint density at radius 1 is 1.43 bits per heavy atom. The molecule has 1 fully saturated rings. The largest absolute Gasteiger partial charge is 0.444 e. The molecule has 3 N–H and O–H groups in total. The van der Waals surface area contributed by atoms with E-state index in [2.05, 4.69) is 5.32 Å². The van der Waals surface area contributed by atoms with Gasteiger partial charge in [0.1, 0.15) is 5.60 Å². The van der Waals surface area contributed by atoms with E-state index in [9.17, 15) is 4.79 Å². The number of nitrogens with one attached hydrogen (secondary N) is 1. The zero-order valence-electron chi connectivity index (χ0n) is 12.5. The lowest BCUT2D eigenvalue weighted by atomic mass is 9.97. The maximum atomic E-state index is 11.7. The van der Waals surface area contributed by atoms with E-state index in [1.807, 2.05) is 12.1 Å². The van der Waals surface area contributed by atoms with Gasteiger partial charge in [-0.25, -0.2) is 10.7 Å². The van der Waals surface area contributed by atoms with Gasteiger partial charge in [-0.1, -0.05) is 17.7 Å². The molecule has 0 radical (unpaired) electrons. The number of nitrogens with two attached hydrogens (primary N) is 1. The fourth-order valence-electron chi connectivity index (χ4n) is 2.19. The van der Waals surface area contributed by atoms with Crippen molar-refractivity contribution in [3.05, 3.63) is 28.8 Å². The molecule has 0 bridgehead atoms. The number of benzene rings is 1. The van der Waals surface area contributed by atoms with Gasteiger partial charge in [-0.15, -0.1) is 0 Å². The Kier molecular flexibility index (Phi) is 4.46. The molecule has 1 saturated carbocycles. The summed E-state index contributed by atoms with van der Waals surface area (Å²) in [5.74, 6) is 5.18. The Bertz CT molecular complexity index is 536. The molecular weight excluding hydrogens is 292 g/mol. The minimum absolute atomic E-state index is 0.0250. The third-order valence-electron chi connectivity index (χ3n) is 3.43. The summed E-state index contributed by atoms with van der Waals surface area (Å²) in [4.78, 5) is 16.5. The second-order valence-corrected chi connectivity index (χ2v) is 6.82. The quantitative estimate of drug-likeness (QED) is 0.833. The number of carbonyl (C=O) groups is 1. The topological polar surface area (TPSA) is 73.6 Å². The average Bonchev–Trinajstić information content (AvgIpc) is 3.11. The van der Waals surface area contributed by atoms with Crippen molar-refractivity contribution in [3.63, 3.8) is 0 Å². The fourth-order valence-corrected chi connectivity index (χ4v) is 2.41. The van der Waals surface area contributed by atoms with E-state index < -0.39 is 11.7 Å². The minimum atomic E-state index is -0.549. The highest BCUT2D eigenvalue weighted by molar-refractivity contribution is 6.33. The van der Waals surface area contributed by atoms with Crippen molar-refractivity contribution < 1.29 is 14.4 Å². The SMILES string of the molecule is CC(C)(C)OC(=O)Nc1ccc(C2(CON)CC2)cc1Cl. The van der Waals surface area contributed by atoms with Crippen LogP contribution >= 0.6 is 11.6 Å². The molecule has 0 heterocycles. The first-order chi connectivity index (χ1) is 9.76. The zero-order valence-corrected chi connectivity index (χ0v) is 13.3. The molecule has 116 valence electrons. The van der Waals surface area contributed by atoms with Gasteiger partial charge in [0, 0.05) is 5.41 Å². The second kappa shape index (κ2) is 5.83. The summed E-state index contributed by atoms with van der Waals surface area (Å²) in [5.41, 5.74) is 1.03. The van der Waals surface area contributed by atoms with Crippen LogP contribution in [0.2, 0.25) is 5.02 Å². The van der Waals surface area contributed by atoms with Crippen LogP contribution in [-0.4, -0.2) is 18.3 Å². The van der Waals surface area contributed by atoms with Gasteiger partial charge < -0.3 is 9.57 Å². The normalized spacial score (nSPS) is 16.4. The smallest absolute Gasteiger partial charge is 0.412 e. The molecule has 0 atom stereocenters. The molecule has 5 nitrogen and oxygen atoms in total. The molecule has 1 amide bonds. The van der Waals surface area contributed by atoms with Crippen molar-refractivity contribution in [1.82, 2.24) is 0 Å². The van der Waals surface area contributed by atoms with Gasteiger partial charge >= 0.3 is 6.09 Å². The maximum Gasteiger partial charge on any atom is 0.412 e. The van der Waals surface area contributed by atoms with Gasteiger partial charge in [0.15, 0.2) is 0 Å². The lowest BCUT2D eigenvalue weighted by Gasteiger charge is -2.20. The highest BCUT2D eigenvalue weighted by atomic mass is 35.5. The average molecular weight is 313 g/mol. The van der Waals surface area contributed by atoms with Crippen molar-refractivity contribution in [2.24, 2.45) is 5.90 Å². The van der Waals surface area contributed by atoms with Gasteiger partial charge in [-0.2, -0.15) is 0 Å². The Labute approximate surface area is 129 Å². The summed E-state index contributed by atoms with van der Waals surface area (Å²) in [6.45, 7) is 5.89. The van der Waals surface area contributed by atoms with Crippen LogP contribution in [0.3, 0.4) is 0 Å². The van der Waals surface area contributed by atoms with E-state index in [0.29, 0.717) is 17.3 Å². The summed E-state index contributed by atoms with van der Waals surface area (Å²) in [5, 5.41) is 3.12. The summed E-state index contributed by atoms with van der Waals surface area (Å²) in [6, 6.07) is 5.56. The molecule has 0 spiro atoms. The predicted octanol–water partition coefficient (Wildman–Crippen LogP) is 3.61. The lowest BCUT2D eigenvalue weighted by molar-refractivity contribution is 0.0636. The van der Waals surface area contributed by atoms with Crippen LogP contribution in [0.5, 0.6) is 0 Å². The first kappa shape index (κ1) is 16.1. The third kappa shape index (κ3) is 4.09. The summed E-state index contributed by atoms with van der Waals surface area (Å²) < 4.78 is 5.20. The number of halogens is 1. The van der Waals surface area contributed by atoms with Crippen LogP contribution < -0.4 is 11.2 Å². The van der Waals surface area contributed by atoms with Crippen LogP contribution in [0, 0.1) is 0 Å². The van der Waals surface area contributed by atoms with E-state index in [-0.39, 0.29) is 5.41 Å². The first-order valence-corrected chi connectivity index (χ1v) is 7.25. The molecular formula is C15H21ClN2O3. The fraction of sp³-hybridized carbons (Fsp3) is 0.533. The zero-order chi connectivity index (χ0) is 15.7. The summed E-state index contributed by atoms with van der Waals surface area (Å²) in [6.07, 6.45) is 1.53. The Morgan fingerprint density at radius 3 is 2.57 bits per heavy atom. The molecule has 0 aliphatic heterocycles. The van der Waals surface area contributed by atoms with Crippen molar-refractivity contribution in [1.29, 1.82) is 0 Å². The monoisotopic (exact) mass is 312 g/mol. The third-order valence-corrected chi connectivity index (χ3v) is 3.74. The molecule has 0 aromatic heterocycles. The highest BCUT2D eigenvalue weighted by Crippen LogP contribution is 2.49. The number of anilines is 1. The van der Waals surface area contributed by atoms with Crippen molar-refractivity contribution in [2.75, 3.05) is 11.9 Å². The standard InChI is InChI=1S/C15H21ClN2O3/c1-14(2,3)21-13(19)18-12-5-4-10(8-11(12)16)15(6-7-15)9-20-17/h4-5,8H,6-7,9,17H2,1-3H3,(H,18,19). The van der Waals surface area contributed by atoms with Crippen LogP contribution in [0.25, 0.3) is 0 Å². The highest BCUT2D eigenvalue weighted by Gasteiger charge is 2.44. The van der Waals surface area contributed by atoms with Crippen LogP contribution in [0.4, 0.5) is 10.5 Å². The van der Waals surface area contributed by atoms with E-state index in [1.165, 1.54) is 0 Å². The Balaban J connectivity index is 2.08. The van der Waals surface area contributed by atoms with E-state index in [4.69, 9.17) is 27.1 Å². The van der Waals surface area contributed by atoms with Crippen LogP contribution in [0.1, 0.15) is 39.2 Å². The van der Waals surface area contributed by atoms with Crippen molar-refractivity contribution in [3.8, 4) is 0 Å². The van der Waals surface area contributed by atoms with E-state index >= 15 is 0 Å². The second-order valence-electron chi connectivity index (χ2n) is 6.41. The van der Waals surface area contributed by atoms with E-state index in [0.717, 1.165) is 18.4 Å². The number of hydrogen-bond acceptors (Lipinski definition) is 4. The molecule has 2 rings (SSSR count). The summed E-state index contributed by atoms with van der Waals surface area (Å²) >= 11 is 6.24. The predicted molar refractivity (Wildman–Crippen MR) is 82.4 cm³/mol. The van der Waals surface area contributed by atoms with Crippen molar-refractivity contribution >= 4 is 23.4 Å². The van der Waals surface area contributed by atoms with Gasteiger partial charge in [0.25, 0.3) is 0 Å². The van der Waals surface area contributed by atoms with Gasteiger partial charge in [-0.3, -0.25) is 5.32 Å². The minimum Gasteiger partial charge on any atom is -0.444 e. The van der Waals surface area contributed by atoms with Crippen molar-refractivity contribution in [2.45, 2.75) is 44.6 Å². The molecule has 1 aromatic carbocycles. The van der Waals surface area contributed by atoms with Gasteiger partial charge in [0.05, 0.1) is 17.3 Å². The molecule has 21 heavy (non-hydrogen) atoms. The summed E-state index contributed by atoms with van der Waals surface area (Å²) in [7, 11) is 0. The Hall–Kier alpha value is -1.30. The lowest BCUT2D eigenvalue weighted by Crippen LogP contribution is -2.27. The number of amides is 1. The number of carbonyl (C=O) groups excluding carboxylic acids is 1. The number of ether oxygens (including phenoxy) is 1. The van der Waals surface area contributed by atoms with Crippen LogP contribution in [-0.2, 0) is 15.0 Å². The van der Waals surface area contributed by atoms with Gasteiger partial charge in [-0.05, 0) is 51.3 Å². The molecule has 1 aromatic rings. The Morgan fingerprint density at radius 2 is 2.10 bits per heavy atom. The van der Waals surface area contributed by atoms with E-state index in [1.54, 1.807) is 26.8 Å². The molecule has 0 saturated heterocycles. The molecule has 0 unspecified atom stereocenters. The van der Waals surface area contributed by atoms with Gasteiger partial charge in [0.2, 0.25) is 0 Å². The first-order valence-electron chi connectivity index (χ1n) is 6.87. The molecule has 6 heteroatoms. The van der Waals surface area contributed by atoms with Crippen LogP contribution in [0.15, 0.2) is 18.2 Å². The number of rotatable bonds is 4. The molecule has 1 aliphatic rings.